The van der Waals surface area contributed by atoms with Gasteiger partial charge in [-0.05, 0) is 31.0 Å². The number of carboxylic acids is 1. The molecule has 106 valence electrons. The van der Waals surface area contributed by atoms with Gasteiger partial charge in [-0.1, -0.05) is 6.07 Å². The molecule has 1 aromatic carbocycles. The van der Waals surface area contributed by atoms with Crippen LogP contribution in [0, 0.1) is 17.7 Å². The number of hydrogen-bond donors (Lipinski definition) is 2. The normalized spacial score (nSPS) is 31.2. The van der Waals surface area contributed by atoms with Gasteiger partial charge in [0.15, 0.2) is 0 Å². The molecular formula is C14H14FNO4. The predicted molar refractivity (Wildman–Crippen MR) is 67.5 cm³/mol. The van der Waals surface area contributed by atoms with Crippen LogP contribution in [-0.4, -0.2) is 29.2 Å². The van der Waals surface area contributed by atoms with E-state index in [4.69, 9.17) is 4.74 Å². The highest BCUT2D eigenvalue weighted by Crippen LogP contribution is 2.44. The summed E-state index contributed by atoms with van der Waals surface area (Å²) in [6, 6.07) is 5.51. The zero-order valence-corrected chi connectivity index (χ0v) is 10.6. The molecule has 0 saturated carbocycles. The van der Waals surface area contributed by atoms with Crippen LogP contribution in [0.1, 0.15) is 12.8 Å². The number of aliphatic carboxylic acids is 1. The number of carboxylic acid groups (broad SMARTS) is 1. The molecule has 2 saturated heterocycles. The Balaban J connectivity index is 1.78. The molecule has 5 nitrogen and oxygen atoms in total. The highest BCUT2D eigenvalue weighted by atomic mass is 19.1. The van der Waals surface area contributed by atoms with Gasteiger partial charge in [-0.2, -0.15) is 0 Å². The molecular weight excluding hydrogens is 265 g/mol. The predicted octanol–water partition coefficient (Wildman–Crippen LogP) is 1.64. The second-order valence-electron chi connectivity index (χ2n) is 5.18. The summed E-state index contributed by atoms with van der Waals surface area (Å²) in [7, 11) is 0. The molecule has 0 unspecified atom stereocenters. The zero-order valence-electron chi connectivity index (χ0n) is 10.6. The number of rotatable bonds is 3. The Morgan fingerprint density at radius 3 is 2.60 bits per heavy atom. The van der Waals surface area contributed by atoms with E-state index in [1.54, 1.807) is 6.07 Å². The number of anilines is 1. The van der Waals surface area contributed by atoms with Crippen LogP contribution in [0.15, 0.2) is 24.3 Å². The first kappa shape index (κ1) is 13.1. The monoisotopic (exact) mass is 279 g/mol. The zero-order chi connectivity index (χ0) is 14.3. The molecule has 0 spiro atoms. The second kappa shape index (κ2) is 4.86. The summed E-state index contributed by atoms with van der Waals surface area (Å²) in [6.45, 7) is 0. The van der Waals surface area contributed by atoms with Gasteiger partial charge in [0.2, 0.25) is 5.91 Å². The lowest BCUT2D eigenvalue weighted by molar-refractivity contribution is -0.147. The number of carbonyl (C=O) groups is 2. The molecule has 2 fully saturated rings. The average Bonchev–Trinajstić information content (AvgIpc) is 2.98. The van der Waals surface area contributed by atoms with Crippen molar-refractivity contribution in [3.8, 4) is 0 Å². The summed E-state index contributed by atoms with van der Waals surface area (Å²) >= 11 is 0. The maximum Gasteiger partial charge on any atom is 0.310 e. The minimum atomic E-state index is -1.02. The minimum absolute atomic E-state index is 0.321. The molecule has 2 heterocycles. The van der Waals surface area contributed by atoms with Crippen LogP contribution in [0.4, 0.5) is 10.1 Å². The van der Waals surface area contributed by atoms with E-state index in [2.05, 4.69) is 5.32 Å². The Labute approximate surface area is 114 Å². The van der Waals surface area contributed by atoms with Gasteiger partial charge in [0.05, 0.1) is 24.0 Å². The molecule has 4 atom stereocenters. The Hall–Kier alpha value is -1.95. The molecule has 2 N–H and O–H groups in total. The third kappa shape index (κ3) is 2.16. The van der Waals surface area contributed by atoms with Crippen molar-refractivity contribution in [1.29, 1.82) is 0 Å². The fraction of sp³-hybridized carbons (Fsp3) is 0.429. The molecule has 20 heavy (non-hydrogen) atoms. The van der Waals surface area contributed by atoms with Crippen LogP contribution in [0.3, 0.4) is 0 Å². The lowest BCUT2D eigenvalue weighted by Crippen LogP contribution is -2.40. The first-order valence-electron chi connectivity index (χ1n) is 6.51. The standard InChI is InChI=1S/C14H14FNO4/c15-7-2-1-3-8(6-7)16-13(17)11-9-4-5-10(20-9)12(11)14(18)19/h1-3,6,9-12H,4-5H2,(H,16,17)(H,18,19)/t9-,10+,11-,12-/m0/s1. The van der Waals surface area contributed by atoms with E-state index < -0.39 is 29.5 Å². The van der Waals surface area contributed by atoms with E-state index in [0.717, 1.165) is 0 Å². The van der Waals surface area contributed by atoms with Crippen molar-refractivity contribution in [3.05, 3.63) is 30.1 Å². The maximum atomic E-state index is 13.1. The van der Waals surface area contributed by atoms with E-state index in [1.165, 1.54) is 18.2 Å². The number of hydrogen-bond acceptors (Lipinski definition) is 3. The summed E-state index contributed by atoms with van der Waals surface area (Å²) in [4.78, 5) is 23.5. The first-order chi connectivity index (χ1) is 9.56. The number of benzene rings is 1. The van der Waals surface area contributed by atoms with Gasteiger partial charge in [0, 0.05) is 5.69 Å². The van der Waals surface area contributed by atoms with Crippen molar-refractivity contribution in [2.24, 2.45) is 11.8 Å². The number of amides is 1. The van der Waals surface area contributed by atoms with Gasteiger partial charge in [-0.25, -0.2) is 4.39 Å². The Morgan fingerprint density at radius 1 is 1.25 bits per heavy atom. The van der Waals surface area contributed by atoms with Crippen LogP contribution in [0.25, 0.3) is 0 Å². The van der Waals surface area contributed by atoms with E-state index in [0.29, 0.717) is 18.5 Å². The van der Waals surface area contributed by atoms with E-state index in [1.807, 2.05) is 0 Å². The summed E-state index contributed by atoms with van der Waals surface area (Å²) in [5.74, 6) is -3.43. The quantitative estimate of drug-likeness (QED) is 0.882. The van der Waals surface area contributed by atoms with Crippen molar-refractivity contribution >= 4 is 17.6 Å². The van der Waals surface area contributed by atoms with Crippen LogP contribution in [0.5, 0.6) is 0 Å². The largest absolute Gasteiger partial charge is 0.481 e. The maximum absolute atomic E-state index is 13.1. The molecule has 2 aliphatic heterocycles. The molecule has 1 aromatic rings. The van der Waals surface area contributed by atoms with Gasteiger partial charge in [0.25, 0.3) is 0 Å². The lowest BCUT2D eigenvalue weighted by atomic mass is 9.78. The smallest absolute Gasteiger partial charge is 0.310 e. The van der Waals surface area contributed by atoms with Gasteiger partial charge in [-0.15, -0.1) is 0 Å². The number of fused-ring (bicyclic) bond motifs is 2. The second-order valence-corrected chi connectivity index (χ2v) is 5.18. The number of nitrogens with one attached hydrogen (secondary N) is 1. The van der Waals surface area contributed by atoms with Crippen LogP contribution < -0.4 is 5.32 Å². The minimum Gasteiger partial charge on any atom is -0.481 e. The van der Waals surface area contributed by atoms with Gasteiger partial charge in [-0.3, -0.25) is 9.59 Å². The number of carbonyl (C=O) groups excluding carboxylic acids is 1. The van der Waals surface area contributed by atoms with E-state index >= 15 is 0 Å². The molecule has 0 radical (unpaired) electrons. The van der Waals surface area contributed by atoms with Crippen molar-refractivity contribution in [3.63, 3.8) is 0 Å². The first-order valence-corrected chi connectivity index (χ1v) is 6.51. The van der Waals surface area contributed by atoms with Gasteiger partial charge < -0.3 is 15.2 Å². The summed E-state index contributed by atoms with van der Waals surface area (Å²) in [5, 5.41) is 11.8. The topological polar surface area (TPSA) is 75.6 Å². The number of ether oxygens (including phenoxy) is 1. The Bertz CT molecular complexity index is 562. The van der Waals surface area contributed by atoms with E-state index in [-0.39, 0.29) is 12.2 Å². The fourth-order valence-corrected chi connectivity index (χ4v) is 3.12. The SMILES string of the molecule is O=C(Nc1cccc(F)c1)[C@@H]1[C@@H](C(=O)O)[C@H]2CC[C@@H]1O2. The third-order valence-corrected chi connectivity index (χ3v) is 3.95. The molecule has 0 aliphatic carbocycles. The van der Waals surface area contributed by atoms with Crippen molar-refractivity contribution in [1.82, 2.24) is 0 Å². The molecule has 0 aromatic heterocycles. The van der Waals surface area contributed by atoms with E-state index in [9.17, 15) is 19.1 Å². The van der Waals surface area contributed by atoms with Crippen LogP contribution >= 0.6 is 0 Å². The van der Waals surface area contributed by atoms with Gasteiger partial charge in [0.1, 0.15) is 5.82 Å². The average molecular weight is 279 g/mol. The van der Waals surface area contributed by atoms with Crippen LogP contribution in [-0.2, 0) is 14.3 Å². The molecule has 2 aliphatic rings. The molecule has 6 heteroatoms. The van der Waals surface area contributed by atoms with Gasteiger partial charge >= 0.3 is 5.97 Å². The summed E-state index contributed by atoms with van der Waals surface area (Å²) in [6.07, 6.45) is 0.622. The van der Waals surface area contributed by atoms with Crippen molar-refractivity contribution < 1.29 is 23.8 Å². The highest BCUT2D eigenvalue weighted by Gasteiger charge is 2.55. The fourth-order valence-electron chi connectivity index (χ4n) is 3.12. The Morgan fingerprint density at radius 2 is 1.95 bits per heavy atom. The van der Waals surface area contributed by atoms with Crippen LogP contribution in [0.2, 0.25) is 0 Å². The van der Waals surface area contributed by atoms with Crippen molar-refractivity contribution in [2.75, 3.05) is 5.32 Å². The molecule has 1 amide bonds. The lowest BCUT2D eigenvalue weighted by Gasteiger charge is -2.23. The highest BCUT2D eigenvalue weighted by molar-refractivity contribution is 5.96. The molecule has 2 bridgehead atoms. The third-order valence-electron chi connectivity index (χ3n) is 3.95. The summed E-state index contributed by atoms with van der Waals surface area (Å²) < 4.78 is 18.6. The van der Waals surface area contributed by atoms with Crippen molar-refractivity contribution in [2.45, 2.75) is 25.0 Å². The summed E-state index contributed by atoms with van der Waals surface area (Å²) in [5.41, 5.74) is 0.321. The number of halogens is 1. The Kier molecular flexibility index (Phi) is 3.17. The molecule has 3 rings (SSSR count).